The predicted molar refractivity (Wildman–Crippen MR) is 166 cm³/mol. The molecule has 13 nitrogen and oxygen atoms in total. The van der Waals surface area contributed by atoms with Crippen LogP contribution in [0.15, 0.2) is 42.1 Å². The fraction of sp³-hybridized carbons (Fsp3) is 0.647. The number of aromatic amines is 1. The van der Waals surface area contributed by atoms with E-state index in [0.29, 0.717) is 12.2 Å². The summed E-state index contributed by atoms with van der Waals surface area (Å²) in [6.07, 6.45) is 2.49. The number of ether oxygens (including phenoxy) is 6. The molecule has 2 aliphatic carbocycles. The zero-order chi connectivity index (χ0) is 34.2. The van der Waals surface area contributed by atoms with Gasteiger partial charge in [-0.05, 0) is 52.1 Å². The second-order valence-corrected chi connectivity index (χ2v) is 13.4. The number of carbonyl (C=O) groups excluding carboxylic acids is 4. The third-order valence-electron chi connectivity index (χ3n) is 10.2. The summed E-state index contributed by atoms with van der Waals surface area (Å²) in [5.41, 5.74) is 0.0299. The molecule has 3 heterocycles. The fourth-order valence-corrected chi connectivity index (χ4v) is 7.79. The molecule has 0 aromatic carbocycles. The van der Waals surface area contributed by atoms with E-state index in [1.807, 2.05) is 39.0 Å². The van der Waals surface area contributed by atoms with Gasteiger partial charge in [-0.15, -0.1) is 0 Å². The van der Waals surface area contributed by atoms with Gasteiger partial charge in [0.25, 0.3) is 0 Å². The highest BCUT2D eigenvalue weighted by Crippen LogP contribution is 2.61. The number of esters is 4. The van der Waals surface area contributed by atoms with E-state index in [0.717, 1.165) is 5.57 Å². The topological polar surface area (TPSA) is 163 Å². The van der Waals surface area contributed by atoms with Gasteiger partial charge in [0.05, 0.1) is 6.10 Å². The molecule has 2 unspecified atom stereocenters. The van der Waals surface area contributed by atoms with Gasteiger partial charge in [-0.1, -0.05) is 32.1 Å². The van der Waals surface area contributed by atoms with Crippen LogP contribution in [0, 0.1) is 29.6 Å². The highest BCUT2D eigenvalue weighted by atomic mass is 16.6. The molecule has 2 fully saturated rings. The monoisotopic (exact) mass is 658 g/mol. The number of cyclic esters (lactones) is 1. The first kappa shape index (κ1) is 34.8. The minimum absolute atomic E-state index is 0.0128. The first-order chi connectivity index (χ1) is 22.3. The summed E-state index contributed by atoms with van der Waals surface area (Å²) in [6, 6.07) is 3.33. The largest absolute Gasteiger partial charge is 0.456 e. The van der Waals surface area contributed by atoms with E-state index in [-0.39, 0.29) is 18.9 Å². The molecule has 12 atom stereocenters. The van der Waals surface area contributed by atoms with Crippen molar-refractivity contribution in [2.45, 2.75) is 76.3 Å². The molecule has 13 heteroatoms. The Morgan fingerprint density at radius 1 is 1.19 bits per heavy atom. The highest BCUT2D eigenvalue weighted by Gasteiger charge is 2.69. The summed E-state index contributed by atoms with van der Waals surface area (Å²) in [7, 11) is 5.02. The lowest BCUT2D eigenvalue weighted by Gasteiger charge is -2.48. The van der Waals surface area contributed by atoms with E-state index in [1.165, 1.54) is 7.11 Å². The zero-order valence-corrected chi connectivity index (χ0v) is 27.9. The number of hydrogen-bond donors (Lipinski definition) is 2. The van der Waals surface area contributed by atoms with Crippen molar-refractivity contribution in [2.24, 2.45) is 29.6 Å². The van der Waals surface area contributed by atoms with Gasteiger partial charge in [0.15, 0.2) is 6.10 Å². The Morgan fingerprint density at radius 3 is 2.60 bits per heavy atom. The predicted octanol–water partition coefficient (Wildman–Crippen LogP) is 2.06. The normalized spacial score (nSPS) is 38.0. The van der Waals surface area contributed by atoms with Crippen LogP contribution in [0.4, 0.5) is 0 Å². The second-order valence-electron chi connectivity index (χ2n) is 13.4. The molecule has 1 spiro atoms. The summed E-state index contributed by atoms with van der Waals surface area (Å²) >= 11 is 0. The van der Waals surface area contributed by atoms with Crippen LogP contribution in [0.2, 0.25) is 0 Å². The Balaban J connectivity index is 1.45. The molecule has 5 rings (SSSR count). The SMILES string of the molecule is CO[C@H]1C[C@H]2C=CC3C4[C@H](O)[C@@H](C)[C@@H](OC(=O)c5ccc[nH]5)[C@@H]3O[C@]42/C(C)=C/[C@@H](C)[C@@H]([C@@H](C)OC(=O)C(=O)OCCN(C)C)OC1=O. The third kappa shape index (κ3) is 6.50. The molecule has 1 aromatic heterocycles. The number of nitrogens with zero attached hydrogens (tertiary/aromatic N) is 1. The number of aromatic nitrogens is 1. The number of carbonyl (C=O) groups is 4. The molecule has 2 N–H and O–H groups in total. The average molecular weight is 659 g/mol. The van der Waals surface area contributed by atoms with E-state index in [1.54, 1.807) is 44.2 Å². The van der Waals surface area contributed by atoms with Crippen LogP contribution in [-0.2, 0) is 42.8 Å². The molecule has 4 aliphatic rings. The number of nitrogens with one attached hydrogen (secondary N) is 1. The van der Waals surface area contributed by atoms with Crippen molar-refractivity contribution in [3.05, 3.63) is 47.8 Å². The Bertz CT molecular complexity index is 1390. The molecule has 1 aromatic rings. The maximum absolute atomic E-state index is 13.6. The molecule has 0 amide bonds. The number of aliphatic hydroxyl groups is 1. The average Bonchev–Trinajstić information content (AvgIpc) is 3.63. The van der Waals surface area contributed by atoms with Gasteiger partial charge < -0.3 is 43.4 Å². The Kier molecular flexibility index (Phi) is 10.3. The summed E-state index contributed by atoms with van der Waals surface area (Å²) < 4.78 is 35.0. The molecule has 47 heavy (non-hydrogen) atoms. The first-order valence-corrected chi connectivity index (χ1v) is 16.1. The summed E-state index contributed by atoms with van der Waals surface area (Å²) in [6.45, 7) is 7.57. The Labute approximate surface area is 274 Å². The lowest BCUT2D eigenvalue weighted by Crippen LogP contribution is -2.57. The zero-order valence-electron chi connectivity index (χ0n) is 27.9. The van der Waals surface area contributed by atoms with Crippen LogP contribution in [0.5, 0.6) is 0 Å². The van der Waals surface area contributed by atoms with E-state index in [4.69, 9.17) is 28.4 Å². The number of likely N-dealkylation sites (N-methyl/N-ethyl adjacent to an activating group) is 1. The van der Waals surface area contributed by atoms with Crippen LogP contribution in [0.3, 0.4) is 0 Å². The Morgan fingerprint density at radius 2 is 1.94 bits per heavy atom. The van der Waals surface area contributed by atoms with Crippen LogP contribution in [-0.4, -0.2) is 115 Å². The number of methoxy groups -OCH3 is 1. The molecule has 0 radical (unpaired) electrons. The number of H-pyrrole nitrogens is 1. The fourth-order valence-electron chi connectivity index (χ4n) is 7.79. The number of aliphatic hydroxyl groups excluding tert-OH is 1. The molecule has 2 aliphatic heterocycles. The van der Waals surface area contributed by atoms with Crippen molar-refractivity contribution in [1.82, 2.24) is 9.88 Å². The minimum atomic E-state index is -1.19. The molecular formula is C34H46N2O11. The molecule has 4 bridgehead atoms. The smallest absolute Gasteiger partial charge is 0.417 e. The van der Waals surface area contributed by atoms with Crippen molar-refractivity contribution in [2.75, 3.05) is 34.4 Å². The van der Waals surface area contributed by atoms with Crippen molar-refractivity contribution >= 4 is 23.9 Å². The third-order valence-corrected chi connectivity index (χ3v) is 10.2. The molecule has 1 saturated heterocycles. The standard InChI is InChI=1S/C34H46N2O11/c1-17-15-18(2)34-21(16-24(42-7)31(39)45-27(17)20(4)44-33(41)32(40)43-14-13-36(5)6)10-11-22-25(34)26(37)19(3)28(29(22)47-34)46-30(38)23-9-8-12-35-23/h8-12,15,17,19-22,24-29,35,37H,13-14,16H2,1-7H3/b18-15+/t17-,19-,20-,21-,22?,24+,25?,26-,27+,28-,29-,34+/m1/s1. The van der Waals surface area contributed by atoms with Gasteiger partial charge >= 0.3 is 23.9 Å². The van der Waals surface area contributed by atoms with Crippen LogP contribution in [0.1, 0.15) is 44.6 Å². The van der Waals surface area contributed by atoms with Crippen molar-refractivity contribution in [3.63, 3.8) is 0 Å². The van der Waals surface area contributed by atoms with Gasteiger partial charge in [-0.2, -0.15) is 0 Å². The highest BCUT2D eigenvalue weighted by molar-refractivity contribution is 6.29. The van der Waals surface area contributed by atoms with Crippen molar-refractivity contribution in [1.29, 1.82) is 0 Å². The lowest BCUT2D eigenvalue weighted by molar-refractivity contribution is -0.184. The van der Waals surface area contributed by atoms with Gasteiger partial charge in [0.2, 0.25) is 0 Å². The maximum atomic E-state index is 13.6. The Hall–Kier alpha value is -3.52. The quantitative estimate of drug-likeness (QED) is 0.181. The van der Waals surface area contributed by atoms with E-state index in [2.05, 4.69) is 4.98 Å². The van der Waals surface area contributed by atoms with Gasteiger partial charge in [0.1, 0.15) is 42.3 Å². The molecule has 258 valence electrons. The second kappa shape index (κ2) is 13.9. The maximum Gasteiger partial charge on any atom is 0.417 e. The van der Waals surface area contributed by atoms with E-state index >= 15 is 0 Å². The van der Waals surface area contributed by atoms with Crippen LogP contribution in [0.25, 0.3) is 0 Å². The van der Waals surface area contributed by atoms with Crippen LogP contribution >= 0.6 is 0 Å². The summed E-state index contributed by atoms with van der Waals surface area (Å²) in [5.74, 6) is -5.55. The van der Waals surface area contributed by atoms with Gasteiger partial charge in [0, 0.05) is 49.4 Å². The molecular weight excluding hydrogens is 612 g/mol. The van der Waals surface area contributed by atoms with Crippen LogP contribution < -0.4 is 0 Å². The van der Waals surface area contributed by atoms with Crippen molar-refractivity contribution in [3.8, 4) is 0 Å². The first-order valence-electron chi connectivity index (χ1n) is 16.1. The van der Waals surface area contributed by atoms with Crippen molar-refractivity contribution < 1.29 is 52.7 Å². The summed E-state index contributed by atoms with van der Waals surface area (Å²) in [5, 5.41) is 11.9. The number of hydrogen-bond acceptors (Lipinski definition) is 12. The lowest BCUT2D eigenvalue weighted by atomic mass is 9.57. The molecule has 1 saturated carbocycles. The van der Waals surface area contributed by atoms with E-state index < -0.39 is 89.8 Å². The van der Waals surface area contributed by atoms with Gasteiger partial charge in [-0.3, -0.25) is 0 Å². The summed E-state index contributed by atoms with van der Waals surface area (Å²) in [4.78, 5) is 56.1. The van der Waals surface area contributed by atoms with Gasteiger partial charge in [-0.25, -0.2) is 19.2 Å². The minimum Gasteiger partial charge on any atom is -0.456 e. The number of rotatable bonds is 8. The van der Waals surface area contributed by atoms with E-state index in [9.17, 15) is 24.3 Å².